The van der Waals surface area contributed by atoms with E-state index in [4.69, 9.17) is 0 Å². The zero-order chi connectivity index (χ0) is 97.3. The summed E-state index contributed by atoms with van der Waals surface area (Å²) >= 11 is 15.3. The summed E-state index contributed by atoms with van der Waals surface area (Å²) in [6, 6.07) is 90.1. The Labute approximate surface area is 864 Å². The van der Waals surface area contributed by atoms with Crippen molar-refractivity contribution < 1.29 is 0 Å². The number of halogens is 4. The van der Waals surface area contributed by atoms with Crippen LogP contribution in [-0.2, 0) is 12.8 Å². The molecule has 4 heteroatoms. The van der Waals surface area contributed by atoms with Gasteiger partial charge >= 0.3 is 0 Å². The van der Waals surface area contributed by atoms with Gasteiger partial charge in [0.2, 0.25) is 0 Å². The van der Waals surface area contributed by atoms with Crippen molar-refractivity contribution in [3.05, 3.63) is 472 Å². The third-order valence-electron chi connectivity index (χ3n) is 26.4. The molecule has 136 heavy (non-hydrogen) atoms. The maximum Gasteiger partial charge on any atom is 0.0297 e. The first-order valence-electron chi connectivity index (χ1n) is 46.4. The van der Waals surface area contributed by atoms with Crippen LogP contribution in [0.2, 0.25) is 0 Å². The predicted molar refractivity (Wildman–Crippen MR) is 628 cm³/mol. The minimum Gasteiger partial charge on any atom is -0.0776 e. The molecule has 0 aliphatic carbocycles. The third-order valence-corrected chi connectivity index (χ3v) is 30.4. The minimum absolute atomic E-state index is 0. The van der Waals surface area contributed by atoms with E-state index in [2.05, 4.69) is 548 Å². The molecule has 15 rings (SSSR count). The highest BCUT2D eigenvalue weighted by Crippen LogP contribution is 2.49. The van der Waals surface area contributed by atoms with E-state index in [1.54, 1.807) is 0 Å². The minimum atomic E-state index is 0. The summed E-state index contributed by atoms with van der Waals surface area (Å²) in [5, 5.41) is 0. The smallest absolute Gasteiger partial charge is 0.0297 e. The molecule has 0 spiro atoms. The Morgan fingerprint density at radius 1 is 0.176 bits per heavy atom. The summed E-state index contributed by atoms with van der Waals surface area (Å²) in [7, 11) is 0. The van der Waals surface area contributed by atoms with Gasteiger partial charge in [0.05, 0.1) is 0 Å². The maximum absolute atomic E-state index is 3.82. The van der Waals surface area contributed by atoms with Crippen molar-refractivity contribution >= 4 is 63.7 Å². The quantitative estimate of drug-likeness (QED) is 0.135. The second-order valence-corrected chi connectivity index (χ2v) is 40.5. The Balaban J connectivity index is 0.000000524. The molecule has 1 atom stereocenters. The first kappa shape index (κ1) is 122. The van der Waals surface area contributed by atoms with E-state index in [1.807, 2.05) is 0 Å². The Kier molecular flexibility index (Phi) is 51.8. The molecule has 0 N–H and O–H groups in total. The molecule has 0 aliphatic heterocycles. The van der Waals surface area contributed by atoms with Gasteiger partial charge in [0, 0.05) is 29.0 Å². The maximum atomic E-state index is 3.82. The van der Waals surface area contributed by atoms with E-state index in [0.717, 1.165) is 30.7 Å². The molecule has 0 saturated heterocycles. The molecule has 0 bridgehead atoms. The number of hydrogen-bond donors (Lipinski definition) is 0. The van der Waals surface area contributed by atoms with Crippen LogP contribution in [0.15, 0.2) is 267 Å². The topological polar surface area (TPSA) is 0 Å². The van der Waals surface area contributed by atoms with E-state index < -0.39 is 0 Å². The van der Waals surface area contributed by atoms with Crippen molar-refractivity contribution in [3.8, 4) is 44.5 Å². The van der Waals surface area contributed by atoms with E-state index in [1.165, 1.54) is 250 Å². The van der Waals surface area contributed by atoms with Crippen molar-refractivity contribution in [1.29, 1.82) is 0 Å². The average molecular weight is 2070 g/mol. The van der Waals surface area contributed by atoms with Gasteiger partial charge in [0.1, 0.15) is 0 Å². The van der Waals surface area contributed by atoms with Crippen molar-refractivity contribution in [3.63, 3.8) is 0 Å². The summed E-state index contributed by atoms with van der Waals surface area (Å²) in [6.07, 6.45) is 2.14. The Morgan fingerprint density at radius 3 is 0.654 bits per heavy atom. The molecule has 0 aromatic heterocycles. The molecule has 724 valence electrons. The summed E-state index contributed by atoms with van der Waals surface area (Å²) in [6.45, 7) is 73.7. The van der Waals surface area contributed by atoms with Gasteiger partial charge in [0.25, 0.3) is 0 Å². The fourth-order valence-electron chi connectivity index (χ4n) is 15.4. The van der Waals surface area contributed by atoms with Gasteiger partial charge < -0.3 is 0 Å². The normalized spacial score (nSPS) is 10.3. The summed E-state index contributed by atoms with van der Waals surface area (Å²) in [5.74, 6) is 0.560. The average Bonchev–Trinajstić information content (AvgIpc) is 0.747. The van der Waals surface area contributed by atoms with Crippen molar-refractivity contribution in [2.45, 2.75) is 291 Å². The Morgan fingerprint density at radius 2 is 0.397 bits per heavy atom. The van der Waals surface area contributed by atoms with Crippen LogP contribution in [0.5, 0.6) is 0 Å². The fourth-order valence-corrected chi connectivity index (χ4v) is 18.7. The lowest BCUT2D eigenvalue weighted by Crippen LogP contribution is -2.02. The van der Waals surface area contributed by atoms with Crippen molar-refractivity contribution in [2.75, 3.05) is 0 Å². The summed E-state index contributed by atoms with van der Waals surface area (Å²) in [5.41, 5.74) is 60.6. The summed E-state index contributed by atoms with van der Waals surface area (Å²) in [4.78, 5) is 0. The van der Waals surface area contributed by atoms with Gasteiger partial charge in [-0.3, -0.25) is 0 Å². The van der Waals surface area contributed by atoms with Crippen LogP contribution in [0.3, 0.4) is 0 Å². The van der Waals surface area contributed by atoms with Gasteiger partial charge in [-0.05, 0) is 500 Å². The van der Waals surface area contributed by atoms with Crippen LogP contribution in [0, 0.1) is 228 Å². The molecule has 0 radical (unpaired) electrons. The van der Waals surface area contributed by atoms with Crippen molar-refractivity contribution in [2.24, 2.45) is 0 Å². The first-order chi connectivity index (χ1) is 61.6. The van der Waals surface area contributed by atoms with E-state index in [9.17, 15) is 0 Å². The highest BCUT2D eigenvalue weighted by atomic mass is 79.9. The molecular weight excluding hydrogens is 1910 g/mol. The first-order valence-corrected chi connectivity index (χ1v) is 49.5. The van der Waals surface area contributed by atoms with Crippen LogP contribution in [0.1, 0.15) is 256 Å². The van der Waals surface area contributed by atoms with Gasteiger partial charge in [-0.1, -0.05) is 343 Å². The largest absolute Gasteiger partial charge is 0.0776 e. The van der Waals surface area contributed by atoms with Crippen LogP contribution >= 0.6 is 63.7 Å². The number of benzene rings is 15. The number of rotatable bonds is 9. The second kappa shape index (κ2) is 57.6. The monoisotopic (exact) mass is 2070 g/mol. The van der Waals surface area contributed by atoms with Gasteiger partial charge in [-0.25, -0.2) is 0 Å². The molecule has 0 amide bonds. The molecule has 0 nitrogen and oxygen atoms in total. The second-order valence-electron chi connectivity index (χ2n) is 37.3. The standard InChI is InChI=1S/C21H28.C18H18Br4.C18H22.C16H18.C15H16.C14H14.C9H12.2C8H10.5CH4/c1-13-8-20(9-14(2)18(13)6)10-17(5)21-11-15(3)19(7)16(4)12-21;1-7-9(3)15(19)13(16(20)10(7)4)14-17(21)11(5)8(2)12(6)18(14)22;1-11-7-17(8-12(2)15(11)5)18-9-13(3)16(6)14(4)10-18;1-11-5-7-15(9-13(11)3)16-8-6-12(2)14(4)10-16;1-12-3-7-14(8-4-12)11-15-9-5-13(2)6-10-15;1-11-3-7-13(8-4-11)14-9-5-12(2)6-10-14;1-7-4-5-8(2)9(3)6-7;1-7-3-5-8(2)6-4-7;1-7-4-3-5-8(2)6-7;;;;;/h8-9,11-12,17H,10H2,1-7H3;1-6H3;7-10H,1-6H3;5-10H,1-4H3;3-10H,11H2,1-2H3;3-10H,1-2H3;4-6H,1-3H3;2*3-6H,1-2H3;5*1H4. The summed E-state index contributed by atoms with van der Waals surface area (Å²) < 4.78 is 4.58. The van der Waals surface area contributed by atoms with Crippen LogP contribution < -0.4 is 0 Å². The highest BCUT2D eigenvalue weighted by molar-refractivity contribution is 9.11. The van der Waals surface area contributed by atoms with Crippen molar-refractivity contribution in [1.82, 2.24) is 0 Å². The van der Waals surface area contributed by atoms with Crippen LogP contribution in [0.25, 0.3) is 44.5 Å². The molecule has 0 saturated carbocycles. The van der Waals surface area contributed by atoms with E-state index in [-0.39, 0.29) is 37.1 Å². The van der Waals surface area contributed by atoms with Gasteiger partial charge in [-0.15, -0.1) is 0 Å². The molecule has 0 aliphatic rings. The van der Waals surface area contributed by atoms with Gasteiger partial charge in [-0.2, -0.15) is 0 Å². The molecule has 0 fully saturated rings. The molecule has 15 aromatic carbocycles. The zero-order valence-corrected chi connectivity index (χ0v) is 92.0. The third kappa shape index (κ3) is 35.9. The predicted octanol–water partition coefficient (Wildman–Crippen LogP) is 42.2. The lowest BCUT2D eigenvalue weighted by atomic mass is 9.88. The SMILES string of the molecule is C.C.C.C.C.Cc1c(C)c(Br)c(-c2c(Br)c(C)c(C)c(C)c2Br)c(Br)c1C.Cc1cc(-c2cc(C)c(C)c(C)c2)cc(C)c1C.Cc1cc(CC(C)c2cc(C)c(C)c(C)c2)cc(C)c1C.Cc1ccc(-c2ccc(C)c(C)c2)cc1C.Cc1ccc(-c2ccc(C)cc2)cc1.Cc1ccc(C)c(C)c1.Cc1ccc(C)cc1.Cc1ccc(Cc2ccc(C)cc2)cc1.Cc1cccc(C)c1. The number of hydrogen-bond acceptors (Lipinski definition) is 0. The Hall–Kier alpha value is -9.78. The molecule has 0 heterocycles. The van der Waals surface area contributed by atoms with Crippen LogP contribution in [-0.4, -0.2) is 0 Å². The number of aryl methyl sites for hydroxylation is 23. The Bertz CT molecular complexity index is 5890. The lowest BCUT2D eigenvalue weighted by molar-refractivity contribution is 0.755. The van der Waals surface area contributed by atoms with E-state index in [0.29, 0.717) is 5.92 Å². The van der Waals surface area contributed by atoms with E-state index >= 15 is 0 Å². The molecule has 15 aromatic rings. The molecular formula is C132H168Br4. The lowest BCUT2D eigenvalue weighted by Gasteiger charge is -2.22. The van der Waals surface area contributed by atoms with Crippen LogP contribution in [0.4, 0.5) is 0 Å². The zero-order valence-electron chi connectivity index (χ0n) is 85.7. The highest BCUT2D eigenvalue weighted by Gasteiger charge is 2.24. The fraction of sp³-hybridized carbons (Fsp3) is 0.318. The molecule has 1 unspecified atom stereocenters. The van der Waals surface area contributed by atoms with Gasteiger partial charge in [0.15, 0.2) is 0 Å².